The van der Waals surface area contributed by atoms with Crippen LogP contribution in [0.4, 0.5) is 4.39 Å². The van der Waals surface area contributed by atoms with E-state index in [1.165, 1.54) is 22.5 Å². The van der Waals surface area contributed by atoms with Crippen molar-refractivity contribution in [2.45, 2.75) is 25.2 Å². The van der Waals surface area contributed by atoms with Gasteiger partial charge in [0, 0.05) is 13.1 Å². The maximum atomic E-state index is 13.1. The van der Waals surface area contributed by atoms with Crippen molar-refractivity contribution < 1.29 is 12.8 Å². The van der Waals surface area contributed by atoms with Crippen LogP contribution in [0.3, 0.4) is 0 Å². The van der Waals surface area contributed by atoms with Crippen molar-refractivity contribution >= 4 is 10.0 Å². The van der Waals surface area contributed by atoms with Crippen molar-refractivity contribution in [2.75, 3.05) is 13.1 Å². The summed E-state index contributed by atoms with van der Waals surface area (Å²) in [6.45, 7) is 5.22. The van der Waals surface area contributed by atoms with E-state index in [4.69, 9.17) is 0 Å². The molecule has 0 aliphatic carbocycles. The standard InChI is InChI=1S/C13H18FNO2S/c1-10-6-7-15(9-11(10)2)18(16,17)13-5-3-4-12(14)8-13/h3-5,8,10-11H,6-7,9H2,1-2H3. The highest BCUT2D eigenvalue weighted by Gasteiger charge is 2.31. The van der Waals surface area contributed by atoms with Crippen LogP contribution in [-0.4, -0.2) is 25.8 Å². The molecular weight excluding hydrogens is 253 g/mol. The highest BCUT2D eigenvalue weighted by molar-refractivity contribution is 7.89. The molecule has 2 atom stereocenters. The van der Waals surface area contributed by atoms with E-state index in [2.05, 4.69) is 13.8 Å². The number of rotatable bonds is 2. The Kier molecular flexibility index (Phi) is 3.73. The molecular formula is C13H18FNO2S. The molecule has 2 unspecified atom stereocenters. The Morgan fingerprint density at radius 2 is 2.00 bits per heavy atom. The molecule has 0 bridgehead atoms. The fourth-order valence-corrected chi connectivity index (χ4v) is 3.81. The lowest BCUT2D eigenvalue weighted by Crippen LogP contribution is -2.42. The van der Waals surface area contributed by atoms with Gasteiger partial charge in [0.2, 0.25) is 10.0 Å². The molecule has 100 valence electrons. The number of benzene rings is 1. The average molecular weight is 271 g/mol. The van der Waals surface area contributed by atoms with Crippen molar-refractivity contribution in [3.05, 3.63) is 30.1 Å². The minimum absolute atomic E-state index is 0.0456. The summed E-state index contributed by atoms with van der Waals surface area (Å²) in [7, 11) is -3.55. The van der Waals surface area contributed by atoms with Crippen molar-refractivity contribution in [3.63, 3.8) is 0 Å². The van der Waals surface area contributed by atoms with E-state index in [9.17, 15) is 12.8 Å². The summed E-state index contributed by atoms with van der Waals surface area (Å²) < 4.78 is 39.3. The minimum atomic E-state index is -3.55. The number of hydrogen-bond donors (Lipinski definition) is 0. The van der Waals surface area contributed by atoms with Gasteiger partial charge in [-0.05, 0) is 36.5 Å². The van der Waals surface area contributed by atoms with Crippen LogP contribution < -0.4 is 0 Å². The molecule has 1 fully saturated rings. The van der Waals surface area contributed by atoms with E-state index >= 15 is 0 Å². The largest absolute Gasteiger partial charge is 0.243 e. The van der Waals surface area contributed by atoms with Gasteiger partial charge in [0.15, 0.2) is 0 Å². The molecule has 3 nitrogen and oxygen atoms in total. The monoisotopic (exact) mass is 271 g/mol. The summed E-state index contributed by atoms with van der Waals surface area (Å²) in [6, 6.07) is 5.21. The number of halogens is 1. The quantitative estimate of drug-likeness (QED) is 0.828. The first-order valence-corrected chi connectivity index (χ1v) is 7.61. The van der Waals surface area contributed by atoms with Gasteiger partial charge in [0.1, 0.15) is 5.82 Å². The molecule has 5 heteroatoms. The second kappa shape index (κ2) is 4.97. The summed E-state index contributed by atoms with van der Waals surface area (Å²) >= 11 is 0. The van der Waals surface area contributed by atoms with Crippen molar-refractivity contribution in [3.8, 4) is 0 Å². The van der Waals surface area contributed by atoms with Crippen molar-refractivity contribution in [1.29, 1.82) is 0 Å². The molecule has 0 radical (unpaired) electrons. The van der Waals surface area contributed by atoms with Crippen LogP contribution in [0.1, 0.15) is 20.3 Å². The van der Waals surface area contributed by atoms with E-state index in [0.29, 0.717) is 24.9 Å². The van der Waals surface area contributed by atoms with Gasteiger partial charge in [0.25, 0.3) is 0 Å². The van der Waals surface area contributed by atoms with E-state index in [0.717, 1.165) is 12.5 Å². The fourth-order valence-electron chi connectivity index (χ4n) is 2.22. The Balaban J connectivity index is 2.27. The predicted octanol–water partition coefficient (Wildman–Crippen LogP) is 2.49. The Bertz CT molecular complexity index is 530. The molecule has 0 N–H and O–H groups in total. The van der Waals surface area contributed by atoms with Gasteiger partial charge >= 0.3 is 0 Å². The number of hydrogen-bond acceptors (Lipinski definition) is 2. The van der Waals surface area contributed by atoms with Crippen LogP contribution in [0.15, 0.2) is 29.2 Å². The first-order chi connectivity index (χ1) is 8.41. The van der Waals surface area contributed by atoms with Crippen LogP contribution in [0.2, 0.25) is 0 Å². The molecule has 1 aliphatic rings. The third-order valence-electron chi connectivity index (χ3n) is 3.73. The lowest BCUT2D eigenvalue weighted by atomic mass is 9.90. The molecule has 0 saturated carbocycles. The van der Waals surface area contributed by atoms with Gasteiger partial charge < -0.3 is 0 Å². The Morgan fingerprint density at radius 1 is 1.28 bits per heavy atom. The normalized spacial score (nSPS) is 26.2. The molecule has 0 aromatic heterocycles. The molecule has 0 spiro atoms. The lowest BCUT2D eigenvalue weighted by molar-refractivity contribution is 0.212. The first kappa shape index (κ1) is 13.5. The topological polar surface area (TPSA) is 37.4 Å². The molecule has 18 heavy (non-hydrogen) atoms. The zero-order valence-electron chi connectivity index (χ0n) is 10.6. The van der Waals surface area contributed by atoms with Crippen LogP contribution in [-0.2, 0) is 10.0 Å². The SMILES string of the molecule is CC1CCN(S(=O)(=O)c2cccc(F)c2)CC1C. The molecule has 0 amide bonds. The highest BCUT2D eigenvalue weighted by atomic mass is 32.2. The zero-order valence-corrected chi connectivity index (χ0v) is 11.5. The summed E-state index contributed by atoms with van der Waals surface area (Å²) in [5.74, 6) is 0.348. The smallest absolute Gasteiger partial charge is 0.207 e. The van der Waals surface area contributed by atoms with Crippen molar-refractivity contribution in [1.82, 2.24) is 4.31 Å². The maximum absolute atomic E-state index is 13.1. The summed E-state index contributed by atoms with van der Waals surface area (Å²) in [6.07, 6.45) is 0.857. The van der Waals surface area contributed by atoms with Crippen LogP contribution in [0.25, 0.3) is 0 Å². The molecule has 1 aliphatic heterocycles. The van der Waals surface area contributed by atoms with Gasteiger partial charge in [0.05, 0.1) is 4.90 Å². The summed E-state index contributed by atoms with van der Waals surface area (Å²) in [5, 5.41) is 0. The predicted molar refractivity (Wildman–Crippen MR) is 68.1 cm³/mol. The van der Waals surface area contributed by atoms with E-state index in [-0.39, 0.29) is 4.90 Å². The second-order valence-electron chi connectivity index (χ2n) is 5.06. The molecule has 1 aromatic rings. The number of sulfonamides is 1. The Labute approximate surface area is 108 Å². The third-order valence-corrected chi connectivity index (χ3v) is 5.59. The van der Waals surface area contributed by atoms with E-state index < -0.39 is 15.8 Å². The van der Waals surface area contributed by atoms with Crippen LogP contribution in [0, 0.1) is 17.7 Å². The van der Waals surface area contributed by atoms with Gasteiger partial charge in [-0.15, -0.1) is 0 Å². The zero-order chi connectivity index (χ0) is 13.3. The minimum Gasteiger partial charge on any atom is -0.207 e. The number of piperidine rings is 1. The fraction of sp³-hybridized carbons (Fsp3) is 0.538. The maximum Gasteiger partial charge on any atom is 0.243 e. The lowest BCUT2D eigenvalue weighted by Gasteiger charge is -2.34. The Morgan fingerprint density at radius 3 is 2.61 bits per heavy atom. The molecule has 2 rings (SSSR count). The first-order valence-electron chi connectivity index (χ1n) is 6.17. The van der Waals surface area contributed by atoms with E-state index in [1.54, 1.807) is 0 Å². The van der Waals surface area contributed by atoms with Gasteiger partial charge in [-0.3, -0.25) is 0 Å². The third kappa shape index (κ3) is 2.57. The van der Waals surface area contributed by atoms with Gasteiger partial charge in [-0.25, -0.2) is 12.8 Å². The molecule has 1 saturated heterocycles. The van der Waals surface area contributed by atoms with Gasteiger partial charge in [-0.1, -0.05) is 19.9 Å². The van der Waals surface area contributed by atoms with E-state index in [1.807, 2.05) is 0 Å². The van der Waals surface area contributed by atoms with Crippen LogP contribution >= 0.6 is 0 Å². The van der Waals surface area contributed by atoms with Gasteiger partial charge in [-0.2, -0.15) is 4.31 Å². The Hall–Kier alpha value is -0.940. The summed E-state index contributed by atoms with van der Waals surface area (Å²) in [5.41, 5.74) is 0. The van der Waals surface area contributed by atoms with Crippen molar-refractivity contribution in [2.24, 2.45) is 11.8 Å². The molecule has 1 heterocycles. The van der Waals surface area contributed by atoms with Crippen LogP contribution in [0.5, 0.6) is 0 Å². The number of nitrogens with zero attached hydrogens (tertiary/aromatic N) is 1. The second-order valence-corrected chi connectivity index (χ2v) is 7.00. The summed E-state index contributed by atoms with van der Waals surface area (Å²) in [4.78, 5) is 0.0456. The average Bonchev–Trinajstić information content (AvgIpc) is 2.32. The highest BCUT2D eigenvalue weighted by Crippen LogP contribution is 2.27. The molecule has 1 aromatic carbocycles.